The summed E-state index contributed by atoms with van der Waals surface area (Å²) >= 11 is 0. The molecule has 0 heterocycles. The van der Waals surface area contributed by atoms with Crippen LogP contribution in [-0.2, 0) is 4.79 Å². The quantitative estimate of drug-likeness (QED) is 0.730. The van der Waals surface area contributed by atoms with E-state index in [0.29, 0.717) is 11.7 Å². The van der Waals surface area contributed by atoms with Crippen LogP contribution in [0, 0.1) is 5.92 Å². The Morgan fingerprint density at radius 3 is 2.75 bits per heavy atom. The fraction of sp³-hybridized carbons (Fsp3) is 0.400. The number of benzene rings is 1. The predicted octanol–water partition coefficient (Wildman–Crippen LogP) is 3.85. The third kappa shape index (κ3) is 2.82. The molecule has 0 N–H and O–H groups in total. The van der Waals surface area contributed by atoms with E-state index in [0.717, 1.165) is 25.7 Å². The molecule has 1 saturated carbocycles. The molecule has 1 nitrogen and oxygen atoms in total. The third-order valence-electron chi connectivity index (χ3n) is 3.24. The maximum atomic E-state index is 11.4. The Bertz CT molecular complexity index is 389. The first kappa shape index (κ1) is 11.1. The van der Waals surface area contributed by atoms with E-state index in [2.05, 4.69) is 37.3 Å². The van der Waals surface area contributed by atoms with Crippen molar-refractivity contribution in [3.05, 3.63) is 42.0 Å². The van der Waals surface area contributed by atoms with Crippen LogP contribution in [0.2, 0.25) is 0 Å². The molecular formula is C15H18O. The molecule has 0 aromatic heterocycles. The predicted molar refractivity (Wildman–Crippen MR) is 67.1 cm³/mol. The fourth-order valence-corrected chi connectivity index (χ4v) is 2.35. The van der Waals surface area contributed by atoms with Gasteiger partial charge in [0, 0.05) is 12.8 Å². The minimum Gasteiger partial charge on any atom is -0.300 e. The number of allylic oxidation sites excluding steroid dienone is 2. The highest BCUT2D eigenvalue weighted by atomic mass is 16.1. The lowest BCUT2D eigenvalue weighted by molar-refractivity contribution is -0.121. The van der Waals surface area contributed by atoms with Crippen molar-refractivity contribution in [2.24, 2.45) is 5.92 Å². The molecule has 1 aliphatic rings. The molecule has 0 saturated heterocycles. The first-order chi connectivity index (χ1) is 7.75. The highest BCUT2D eigenvalue weighted by molar-refractivity contribution is 5.80. The third-order valence-corrected chi connectivity index (χ3v) is 3.24. The minimum atomic E-state index is 0.424. The van der Waals surface area contributed by atoms with Gasteiger partial charge < -0.3 is 0 Å². The molecule has 0 radical (unpaired) electrons. The molecule has 0 spiro atoms. The van der Waals surface area contributed by atoms with Crippen LogP contribution in [0.5, 0.6) is 0 Å². The van der Waals surface area contributed by atoms with Gasteiger partial charge in [0.1, 0.15) is 5.78 Å². The van der Waals surface area contributed by atoms with E-state index >= 15 is 0 Å². The number of Topliss-reactive ketones (excluding diaryl/α,β-unsaturated/α-hetero) is 1. The maximum Gasteiger partial charge on any atom is 0.133 e. The Hall–Kier alpha value is -1.37. The molecular weight excluding hydrogens is 196 g/mol. The Morgan fingerprint density at radius 2 is 2.06 bits per heavy atom. The van der Waals surface area contributed by atoms with Crippen LogP contribution in [0.1, 0.15) is 38.2 Å². The number of rotatable bonds is 2. The average molecular weight is 214 g/mol. The maximum absolute atomic E-state index is 11.4. The topological polar surface area (TPSA) is 17.1 Å². The molecule has 0 bridgehead atoms. The van der Waals surface area contributed by atoms with Gasteiger partial charge in [-0.3, -0.25) is 4.79 Å². The number of hydrogen-bond donors (Lipinski definition) is 0. The van der Waals surface area contributed by atoms with Crippen molar-refractivity contribution >= 4 is 11.4 Å². The second-order valence-electron chi connectivity index (χ2n) is 4.61. The number of carbonyl (C=O) groups excluding carboxylic acids is 1. The molecule has 0 unspecified atom stereocenters. The van der Waals surface area contributed by atoms with Crippen molar-refractivity contribution in [2.75, 3.05) is 0 Å². The summed E-state index contributed by atoms with van der Waals surface area (Å²) in [4.78, 5) is 11.4. The second kappa shape index (κ2) is 5.11. The van der Waals surface area contributed by atoms with E-state index in [1.807, 2.05) is 6.07 Å². The second-order valence-corrected chi connectivity index (χ2v) is 4.61. The summed E-state index contributed by atoms with van der Waals surface area (Å²) in [6, 6.07) is 10.4. The Balaban J connectivity index is 2.09. The average Bonchev–Trinajstić information content (AvgIpc) is 2.30. The van der Waals surface area contributed by atoms with Crippen LogP contribution in [0.15, 0.2) is 36.4 Å². The van der Waals surface area contributed by atoms with Gasteiger partial charge in [0.15, 0.2) is 0 Å². The smallest absolute Gasteiger partial charge is 0.133 e. The molecule has 1 fully saturated rings. The van der Waals surface area contributed by atoms with E-state index in [1.165, 1.54) is 11.1 Å². The van der Waals surface area contributed by atoms with E-state index in [4.69, 9.17) is 0 Å². The summed E-state index contributed by atoms with van der Waals surface area (Å²) < 4.78 is 0. The van der Waals surface area contributed by atoms with Crippen LogP contribution < -0.4 is 0 Å². The summed E-state index contributed by atoms with van der Waals surface area (Å²) in [5.74, 6) is 0.884. The lowest BCUT2D eigenvalue weighted by Crippen LogP contribution is -2.13. The van der Waals surface area contributed by atoms with E-state index in [1.54, 1.807) is 0 Å². The van der Waals surface area contributed by atoms with Gasteiger partial charge in [-0.15, -0.1) is 0 Å². The van der Waals surface area contributed by atoms with Gasteiger partial charge in [-0.25, -0.2) is 0 Å². The van der Waals surface area contributed by atoms with Crippen LogP contribution in [-0.4, -0.2) is 5.78 Å². The van der Waals surface area contributed by atoms with E-state index < -0.39 is 0 Å². The van der Waals surface area contributed by atoms with Crippen molar-refractivity contribution in [3.8, 4) is 0 Å². The molecule has 1 heteroatoms. The van der Waals surface area contributed by atoms with Gasteiger partial charge in [0.05, 0.1) is 0 Å². The molecule has 16 heavy (non-hydrogen) atoms. The zero-order chi connectivity index (χ0) is 11.4. The van der Waals surface area contributed by atoms with Crippen LogP contribution in [0.25, 0.3) is 5.57 Å². The Kier molecular flexibility index (Phi) is 3.55. The number of carbonyl (C=O) groups is 1. The molecule has 1 aromatic carbocycles. The number of ketones is 1. The van der Waals surface area contributed by atoms with Crippen molar-refractivity contribution in [1.29, 1.82) is 0 Å². The summed E-state index contributed by atoms with van der Waals surface area (Å²) in [5.41, 5.74) is 2.56. The normalized spacial score (nSPS) is 22.2. The number of hydrogen-bond acceptors (Lipinski definition) is 1. The zero-order valence-electron chi connectivity index (χ0n) is 9.78. The van der Waals surface area contributed by atoms with Crippen molar-refractivity contribution in [2.45, 2.75) is 32.6 Å². The first-order valence-corrected chi connectivity index (χ1v) is 6.01. The highest BCUT2D eigenvalue weighted by Crippen LogP contribution is 2.26. The summed E-state index contributed by atoms with van der Waals surface area (Å²) in [6.07, 6.45) is 6.02. The lowest BCUT2D eigenvalue weighted by Gasteiger charge is -2.18. The molecule has 1 aliphatic carbocycles. The summed E-state index contributed by atoms with van der Waals surface area (Å²) in [6.45, 7) is 2.13. The largest absolute Gasteiger partial charge is 0.300 e. The molecule has 1 aromatic rings. The van der Waals surface area contributed by atoms with Crippen molar-refractivity contribution in [3.63, 3.8) is 0 Å². The SMILES string of the molecule is C/C(=C\[C@@H]1CCCC(=O)C1)c1ccccc1. The molecule has 0 amide bonds. The van der Waals surface area contributed by atoms with Crippen molar-refractivity contribution < 1.29 is 4.79 Å². The van der Waals surface area contributed by atoms with Gasteiger partial charge >= 0.3 is 0 Å². The first-order valence-electron chi connectivity index (χ1n) is 6.01. The van der Waals surface area contributed by atoms with Gasteiger partial charge in [-0.05, 0) is 36.8 Å². The van der Waals surface area contributed by atoms with Crippen LogP contribution in [0.3, 0.4) is 0 Å². The van der Waals surface area contributed by atoms with Gasteiger partial charge in [0.2, 0.25) is 0 Å². The van der Waals surface area contributed by atoms with E-state index in [-0.39, 0.29) is 0 Å². The van der Waals surface area contributed by atoms with Gasteiger partial charge in [-0.1, -0.05) is 36.4 Å². The van der Waals surface area contributed by atoms with Crippen molar-refractivity contribution in [1.82, 2.24) is 0 Å². The summed E-state index contributed by atoms with van der Waals surface area (Å²) in [7, 11) is 0. The highest BCUT2D eigenvalue weighted by Gasteiger charge is 2.17. The molecule has 0 aliphatic heterocycles. The fourth-order valence-electron chi connectivity index (χ4n) is 2.35. The van der Waals surface area contributed by atoms with Crippen LogP contribution >= 0.6 is 0 Å². The monoisotopic (exact) mass is 214 g/mol. The molecule has 1 atom stereocenters. The van der Waals surface area contributed by atoms with Gasteiger partial charge in [-0.2, -0.15) is 0 Å². The van der Waals surface area contributed by atoms with E-state index in [9.17, 15) is 4.79 Å². The van der Waals surface area contributed by atoms with Crippen LogP contribution in [0.4, 0.5) is 0 Å². The van der Waals surface area contributed by atoms with Gasteiger partial charge in [0.25, 0.3) is 0 Å². The lowest BCUT2D eigenvalue weighted by atomic mass is 9.86. The zero-order valence-corrected chi connectivity index (χ0v) is 9.78. The molecule has 84 valence electrons. The Labute approximate surface area is 97.2 Å². The standard InChI is InChI=1S/C15H18O/c1-12(14-7-3-2-4-8-14)10-13-6-5-9-15(16)11-13/h2-4,7-8,10,13H,5-6,9,11H2,1H3/b12-10+/t13-/m0/s1. The Morgan fingerprint density at radius 1 is 1.31 bits per heavy atom. The minimum absolute atomic E-state index is 0.424. The summed E-state index contributed by atoms with van der Waals surface area (Å²) in [5, 5.41) is 0. The molecule has 2 rings (SSSR count).